The van der Waals surface area contributed by atoms with E-state index in [0.717, 1.165) is 18.8 Å². The van der Waals surface area contributed by atoms with Gasteiger partial charge in [-0.2, -0.15) is 0 Å². The predicted molar refractivity (Wildman–Crippen MR) is 80.4 cm³/mol. The van der Waals surface area contributed by atoms with E-state index in [9.17, 15) is 0 Å². The summed E-state index contributed by atoms with van der Waals surface area (Å²) in [6.07, 6.45) is 2.33. The maximum Gasteiger partial charge on any atom is 0.119 e. The van der Waals surface area contributed by atoms with Crippen molar-refractivity contribution >= 4 is 22.6 Å². The maximum absolute atomic E-state index is 5.68. The lowest BCUT2D eigenvalue weighted by molar-refractivity contribution is -0.717. The second kappa shape index (κ2) is 7.21. The average molecular weight is 348 g/mol. The number of rotatable bonds is 6. The molecule has 0 fully saturated rings. The van der Waals surface area contributed by atoms with Crippen molar-refractivity contribution in [1.29, 1.82) is 0 Å². The third kappa shape index (κ3) is 7.60. The molecule has 0 atom stereocenters. The zero-order valence-corrected chi connectivity index (χ0v) is 13.2. The number of ether oxygens (including phenoxy) is 1. The van der Waals surface area contributed by atoms with Gasteiger partial charge in [-0.05, 0) is 80.5 Å². The Bertz CT molecular complexity index is 316. The van der Waals surface area contributed by atoms with E-state index in [-0.39, 0.29) is 0 Å². The SMILES string of the molecule is CC(C)(C)[NH2+]CCCCOc1ccc(I)cc1. The molecule has 1 aromatic carbocycles. The summed E-state index contributed by atoms with van der Waals surface area (Å²) in [7, 11) is 0. The van der Waals surface area contributed by atoms with Gasteiger partial charge in [0.1, 0.15) is 5.75 Å². The fraction of sp³-hybridized carbons (Fsp3) is 0.571. The summed E-state index contributed by atoms with van der Waals surface area (Å²) in [4.78, 5) is 0. The van der Waals surface area contributed by atoms with Crippen molar-refractivity contribution in [2.75, 3.05) is 13.2 Å². The molecule has 0 radical (unpaired) electrons. The summed E-state index contributed by atoms with van der Waals surface area (Å²) in [6.45, 7) is 8.73. The Hall–Kier alpha value is -0.290. The fourth-order valence-corrected chi connectivity index (χ4v) is 1.86. The van der Waals surface area contributed by atoms with Crippen molar-refractivity contribution in [3.05, 3.63) is 27.8 Å². The average Bonchev–Trinajstić information content (AvgIpc) is 2.24. The van der Waals surface area contributed by atoms with Crippen molar-refractivity contribution in [2.45, 2.75) is 39.2 Å². The second-order valence-corrected chi connectivity index (χ2v) is 6.61. The number of unbranched alkanes of at least 4 members (excludes halogenated alkanes) is 1. The standard InChI is InChI=1S/C14H22INO/c1-14(2,3)16-10-4-5-11-17-13-8-6-12(15)7-9-13/h6-9,16H,4-5,10-11H2,1-3H3/p+1. The Labute approximate surface area is 118 Å². The van der Waals surface area contributed by atoms with E-state index in [1.807, 2.05) is 12.1 Å². The second-order valence-electron chi connectivity index (χ2n) is 5.37. The van der Waals surface area contributed by atoms with Crippen LogP contribution in [0.1, 0.15) is 33.6 Å². The Kier molecular flexibility index (Phi) is 6.27. The van der Waals surface area contributed by atoms with Crippen molar-refractivity contribution in [2.24, 2.45) is 0 Å². The van der Waals surface area contributed by atoms with Gasteiger partial charge in [0.2, 0.25) is 0 Å². The van der Waals surface area contributed by atoms with E-state index in [4.69, 9.17) is 4.74 Å². The molecule has 2 N–H and O–H groups in total. The van der Waals surface area contributed by atoms with E-state index in [1.165, 1.54) is 16.5 Å². The summed E-state index contributed by atoms with van der Waals surface area (Å²) >= 11 is 2.30. The van der Waals surface area contributed by atoms with E-state index in [1.54, 1.807) is 0 Å². The van der Waals surface area contributed by atoms with Crippen molar-refractivity contribution in [3.8, 4) is 5.75 Å². The Morgan fingerprint density at radius 2 is 1.76 bits per heavy atom. The summed E-state index contributed by atoms with van der Waals surface area (Å²) in [5.41, 5.74) is 0.344. The third-order valence-electron chi connectivity index (χ3n) is 2.44. The molecule has 0 amide bonds. The molecule has 96 valence electrons. The van der Waals surface area contributed by atoms with Gasteiger partial charge < -0.3 is 10.1 Å². The summed E-state index contributed by atoms with van der Waals surface area (Å²) in [6, 6.07) is 8.21. The molecule has 0 aliphatic rings. The zero-order chi connectivity index (χ0) is 12.7. The van der Waals surface area contributed by atoms with Gasteiger partial charge in [0.25, 0.3) is 0 Å². The van der Waals surface area contributed by atoms with Crippen LogP contribution in [0.2, 0.25) is 0 Å². The smallest absolute Gasteiger partial charge is 0.119 e. The van der Waals surface area contributed by atoms with Crippen LogP contribution in [-0.2, 0) is 0 Å². The normalized spacial score (nSPS) is 11.5. The fourth-order valence-electron chi connectivity index (χ4n) is 1.50. The minimum Gasteiger partial charge on any atom is -0.494 e. The largest absolute Gasteiger partial charge is 0.494 e. The first-order valence-electron chi connectivity index (χ1n) is 6.20. The zero-order valence-electron chi connectivity index (χ0n) is 11.0. The molecule has 0 saturated heterocycles. The highest BCUT2D eigenvalue weighted by Crippen LogP contribution is 2.13. The molecule has 0 bridgehead atoms. The number of hydrogen-bond donors (Lipinski definition) is 1. The Balaban J connectivity index is 2.07. The molecular formula is C14H23INO+. The number of benzene rings is 1. The quantitative estimate of drug-likeness (QED) is 0.621. The predicted octanol–water partition coefficient (Wildman–Crippen LogP) is 2.81. The summed E-state index contributed by atoms with van der Waals surface area (Å²) in [5.74, 6) is 0.977. The van der Waals surface area contributed by atoms with Crippen LogP contribution in [-0.4, -0.2) is 18.7 Å². The molecule has 17 heavy (non-hydrogen) atoms. The lowest BCUT2D eigenvalue weighted by Gasteiger charge is -2.16. The lowest BCUT2D eigenvalue weighted by Crippen LogP contribution is -2.94. The number of nitrogens with two attached hydrogens (primary N) is 1. The van der Waals surface area contributed by atoms with Crippen LogP contribution >= 0.6 is 22.6 Å². The molecule has 0 spiro atoms. The highest BCUT2D eigenvalue weighted by Gasteiger charge is 2.11. The Morgan fingerprint density at radius 3 is 2.35 bits per heavy atom. The first-order chi connectivity index (χ1) is 7.97. The van der Waals surface area contributed by atoms with E-state index in [2.05, 4.69) is 60.8 Å². The third-order valence-corrected chi connectivity index (χ3v) is 3.16. The van der Waals surface area contributed by atoms with Gasteiger partial charge in [-0.25, -0.2) is 0 Å². The lowest BCUT2D eigenvalue weighted by atomic mass is 10.1. The van der Waals surface area contributed by atoms with Gasteiger partial charge in [0.15, 0.2) is 0 Å². The number of quaternary nitrogens is 1. The monoisotopic (exact) mass is 348 g/mol. The topological polar surface area (TPSA) is 25.8 Å². The van der Waals surface area contributed by atoms with Gasteiger partial charge in [-0.15, -0.1) is 0 Å². The van der Waals surface area contributed by atoms with Crippen LogP contribution < -0.4 is 10.1 Å². The van der Waals surface area contributed by atoms with Crippen molar-refractivity contribution in [3.63, 3.8) is 0 Å². The molecule has 0 aliphatic carbocycles. The van der Waals surface area contributed by atoms with Gasteiger partial charge in [-0.1, -0.05) is 0 Å². The molecule has 0 aromatic heterocycles. The van der Waals surface area contributed by atoms with Crippen LogP contribution in [0.5, 0.6) is 5.75 Å². The molecule has 2 nitrogen and oxygen atoms in total. The highest BCUT2D eigenvalue weighted by atomic mass is 127. The van der Waals surface area contributed by atoms with Gasteiger partial charge >= 0.3 is 0 Å². The van der Waals surface area contributed by atoms with Crippen LogP contribution in [0.15, 0.2) is 24.3 Å². The van der Waals surface area contributed by atoms with Crippen LogP contribution in [0.25, 0.3) is 0 Å². The molecular weight excluding hydrogens is 325 g/mol. The van der Waals surface area contributed by atoms with Crippen LogP contribution in [0, 0.1) is 3.57 Å². The van der Waals surface area contributed by atoms with Gasteiger partial charge in [0, 0.05) is 3.57 Å². The molecule has 1 rings (SSSR count). The number of hydrogen-bond acceptors (Lipinski definition) is 1. The van der Waals surface area contributed by atoms with Gasteiger partial charge in [0.05, 0.1) is 18.7 Å². The van der Waals surface area contributed by atoms with Gasteiger partial charge in [-0.3, -0.25) is 0 Å². The van der Waals surface area contributed by atoms with E-state index >= 15 is 0 Å². The highest BCUT2D eigenvalue weighted by molar-refractivity contribution is 14.1. The van der Waals surface area contributed by atoms with E-state index in [0.29, 0.717) is 5.54 Å². The number of halogens is 1. The molecule has 0 aliphatic heterocycles. The minimum atomic E-state index is 0.344. The minimum absolute atomic E-state index is 0.344. The Morgan fingerprint density at radius 1 is 1.12 bits per heavy atom. The first-order valence-corrected chi connectivity index (χ1v) is 7.28. The molecule has 3 heteroatoms. The van der Waals surface area contributed by atoms with Crippen molar-refractivity contribution < 1.29 is 10.1 Å². The first kappa shape index (κ1) is 14.8. The molecule has 0 heterocycles. The van der Waals surface area contributed by atoms with Crippen LogP contribution in [0.4, 0.5) is 0 Å². The molecule has 0 saturated carbocycles. The molecule has 1 aromatic rings. The van der Waals surface area contributed by atoms with E-state index < -0.39 is 0 Å². The molecule has 0 unspecified atom stereocenters. The van der Waals surface area contributed by atoms with Crippen LogP contribution in [0.3, 0.4) is 0 Å². The maximum atomic E-state index is 5.68. The summed E-state index contributed by atoms with van der Waals surface area (Å²) in [5, 5.41) is 2.39. The van der Waals surface area contributed by atoms with Crippen molar-refractivity contribution in [1.82, 2.24) is 0 Å². The summed E-state index contributed by atoms with van der Waals surface area (Å²) < 4.78 is 6.92.